The molecule has 0 aliphatic heterocycles. The van der Waals surface area contributed by atoms with Gasteiger partial charge in [-0.15, -0.1) is 0 Å². The number of allylic oxidation sites excluding steroid dienone is 1. The van der Waals surface area contributed by atoms with Crippen molar-refractivity contribution in [1.82, 2.24) is 5.32 Å². The van der Waals surface area contributed by atoms with Gasteiger partial charge in [-0.05, 0) is 149 Å². The summed E-state index contributed by atoms with van der Waals surface area (Å²) in [6.45, 7) is 21.0. The van der Waals surface area contributed by atoms with Crippen LogP contribution >= 0.6 is 0 Å². The smallest absolute Gasteiger partial charge is 0.309 e. The molecule has 9 unspecified atom stereocenters. The van der Waals surface area contributed by atoms with Gasteiger partial charge >= 0.3 is 11.9 Å². The van der Waals surface area contributed by atoms with Crippen molar-refractivity contribution in [2.24, 2.45) is 62.1 Å². The lowest BCUT2D eigenvalue weighted by Crippen LogP contribution is -2.66. The number of carbonyl (C=O) groups excluding carboxylic acids is 2. The fraction of sp³-hybridized carbons (Fsp3) is 0.886. The van der Waals surface area contributed by atoms with Gasteiger partial charge in [-0.3, -0.25) is 14.4 Å². The molecule has 0 saturated heterocycles. The lowest BCUT2D eigenvalue weighted by molar-refractivity contribution is -0.235. The van der Waals surface area contributed by atoms with Gasteiger partial charge in [0.1, 0.15) is 6.10 Å². The van der Waals surface area contributed by atoms with Crippen molar-refractivity contribution in [3.05, 3.63) is 11.1 Å². The molecule has 8 nitrogen and oxygen atoms in total. The summed E-state index contributed by atoms with van der Waals surface area (Å²) < 4.78 is 6.17. The molecule has 8 heteroatoms. The highest BCUT2D eigenvalue weighted by molar-refractivity contribution is 6.00. The molecule has 0 heterocycles. The Morgan fingerprint density at radius 1 is 0.885 bits per heavy atom. The minimum absolute atomic E-state index is 0.000552. The van der Waals surface area contributed by atoms with Crippen LogP contribution in [0.1, 0.15) is 152 Å². The molecular weight excluding hydrogens is 654 g/mol. The summed E-state index contributed by atoms with van der Waals surface area (Å²) in [4.78, 5) is 38.9. The Morgan fingerprint density at radius 3 is 2.19 bits per heavy atom. The Morgan fingerprint density at radius 2 is 1.56 bits per heavy atom. The van der Waals surface area contributed by atoms with Crippen LogP contribution in [0.3, 0.4) is 0 Å². The highest BCUT2D eigenvalue weighted by atomic mass is 16.5. The van der Waals surface area contributed by atoms with Crippen LogP contribution in [-0.4, -0.2) is 64.4 Å². The van der Waals surface area contributed by atoms with Gasteiger partial charge in [-0.25, -0.2) is 0 Å². The first-order chi connectivity index (χ1) is 24.1. The molecule has 5 fully saturated rings. The lowest BCUT2D eigenvalue weighted by Gasteiger charge is -2.72. The highest BCUT2D eigenvalue weighted by Crippen LogP contribution is 2.77. The van der Waals surface area contributed by atoms with E-state index in [9.17, 15) is 29.7 Å². The molecule has 0 aromatic heterocycles. The summed E-state index contributed by atoms with van der Waals surface area (Å²) in [5.41, 5.74) is 0.548. The van der Waals surface area contributed by atoms with Crippen molar-refractivity contribution in [2.45, 2.75) is 171 Å². The van der Waals surface area contributed by atoms with Crippen LogP contribution in [0.5, 0.6) is 0 Å². The number of carbonyl (C=O) groups is 3. The molecule has 294 valence electrons. The molecule has 5 saturated carbocycles. The number of fused-ring (bicyclic) bond motifs is 7. The second-order valence-corrected chi connectivity index (χ2v) is 20.9. The van der Waals surface area contributed by atoms with E-state index < -0.39 is 28.9 Å². The van der Waals surface area contributed by atoms with E-state index in [1.54, 1.807) is 13.8 Å². The van der Waals surface area contributed by atoms with Crippen LogP contribution in [-0.2, 0) is 19.1 Å². The van der Waals surface area contributed by atoms with Gasteiger partial charge in [-0.2, -0.15) is 0 Å². The fourth-order valence-electron chi connectivity index (χ4n) is 13.9. The molecule has 6 rings (SSSR count). The number of hydrogen-bond acceptors (Lipinski definition) is 7. The van der Waals surface area contributed by atoms with Crippen LogP contribution in [0, 0.1) is 62.1 Å². The third-order valence-electron chi connectivity index (χ3n) is 17.1. The van der Waals surface area contributed by atoms with E-state index in [1.165, 1.54) is 5.57 Å². The molecule has 0 aromatic carbocycles. The fourth-order valence-corrected chi connectivity index (χ4v) is 13.9. The molecule has 0 spiro atoms. The highest BCUT2D eigenvalue weighted by Gasteiger charge is 2.70. The second-order valence-electron chi connectivity index (χ2n) is 20.9. The van der Waals surface area contributed by atoms with Crippen molar-refractivity contribution < 1.29 is 34.4 Å². The maximum Gasteiger partial charge on any atom is 0.309 e. The van der Waals surface area contributed by atoms with Gasteiger partial charge < -0.3 is 25.4 Å². The second kappa shape index (κ2) is 13.8. The zero-order valence-corrected chi connectivity index (χ0v) is 33.9. The number of nitrogens with one attached hydrogen (secondary N) is 1. The monoisotopic (exact) mass is 726 g/mol. The largest absolute Gasteiger partial charge is 0.481 e. The standard InChI is InChI=1S/C44H71NO7/c1-26(2)36-30(47)22-44(33(48)25-45-24-27-10-12-28(46)13-11-27)21-20-42(8)29(37(36)44)14-15-32-41(7)18-17-34(52-35(49)23-39(3,4)38(50)51)40(5,6)31(41)16-19-43(32,42)9/h26-29,31-34,45-46,48H,10-25H2,1-9H3,(H,50,51). The maximum atomic E-state index is 14.0. The molecule has 0 radical (unpaired) electrons. The van der Waals surface area contributed by atoms with Gasteiger partial charge in [0, 0.05) is 23.8 Å². The van der Waals surface area contributed by atoms with Gasteiger partial charge in [0.15, 0.2) is 5.78 Å². The van der Waals surface area contributed by atoms with E-state index in [4.69, 9.17) is 4.74 Å². The SMILES string of the molecule is CC(C)C1=C2C3CCC4C5(C)CCC(OC(=O)CC(C)(C)C(=O)O)C(C)(C)C5CCC4(C)C3(C)CCC2(C(O)CNCC2CCC(O)CC2)CC1=O. The molecule has 0 bridgehead atoms. The molecule has 0 amide bonds. The van der Waals surface area contributed by atoms with E-state index in [1.807, 2.05) is 0 Å². The Labute approximate surface area is 313 Å². The first-order valence-electron chi connectivity index (χ1n) is 20.9. The molecule has 52 heavy (non-hydrogen) atoms. The number of carboxylic acids is 1. The number of esters is 1. The summed E-state index contributed by atoms with van der Waals surface area (Å²) in [6, 6.07) is 0. The zero-order valence-electron chi connectivity index (χ0n) is 33.9. The van der Waals surface area contributed by atoms with Crippen molar-refractivity contribution in [2.75, 3.05) is 13.1 Å². The Balaban J connectivity index is 1.24. The van der Waals surface area contributed by atoms with Gasteiger partial charge in [0.2, 0.25) is 0 Å². The van der Waals surface area contributed by atoms with E-state index >= 15 is 0 Å². The average molecular weight is 726 g/mol. The van der Waals surface area contributed by atoms with Crippen LogP contribution in [0.2, 0.25) is 0 Å². The lowest BCUT2D eigenvalue weighted by atomic mass is 9.33. The number of hydrogen-bond donors (Lipinski definition) is 4. The maximum absolute atomic E-state index is 14.0. The Kier molecular flexibility index (Phi) is 10.6. The number of rotatable bonds is 10. The summed E-state index contributed by atoms with van der Waals surface area (Å²) in [7, 11) is 0. The first kappa shape index (κ1) is 39.9. The Bertz CT molecular complexity index is 1440. The average Bonchev–Trinajstić information content (AvgIpc) is 3.36. The van der Waals surface area contributed by atoms with Crippen LogP contribution in [0.4, 0.5) is 0 Å². The first-order valence-corrected chi connectivity index (χ1v) is 20.9. The normalized spacial score (nSPS) is 42.2. The predicted octanol–water partition coefficient (Wildman–Crippen LogP) is 7.88. The van der Waals surface area contributed by atoms with Gasteiger partial charge in [-0.1, -0.05) is 54.0 Å². The summed E-state index contributed by atoms with van der Waals surface area (Å²) in [5.74, 6) is 0.629. The molecule has 9 atom stereocenters. The van der Waals surface area contributed by atoms with Crippen LogP contribution < -0.4 is 5.32 Å². The van der Waals surface area contributed by atoms with Crippen LogP contribution in [0.15, 0.2) is 11.1 Å². The number of ketones is 1. The van der Waals surface area contributed by atoms with E-state index in [2.05, 4.69) is 53.8 Å². The van der Waals surface area contributed by atoms with Crippen molar-refractivity contribution in [1.29, 1.82) is 0 Å². The van der Waals surface area contributed by atoms with Gasteiger partial charge in [0.05, 0.1) is 24.0 Å². The number of Topliss-reactive ketones (excluding diaryl/α,β-unsaturated/α-hetero) is 1. The Hall–Kier alpha value is -1.77. The summed E-state index contributed by atoms with van der Waals surface area (Å²) in [6.07, 6.45) is 10.9. The number of aliphatic hydroxyl groups excluding tert-OH is 2. The van der Waals surface area contributed by atoms with E-state index in [0.717, 1.165) is 89.2 Å². The molecular formula is C44H71NO7. The van der Waals surface area contributed by atoms with E-state index in [0.29, 0.717) is 30.7 Å². The van der Waals surface area contributed by atoms with Crippen molar-refractivity contribution in [3.8, 4) is 0 Å². The van der Waals surface area contributed by atoms with E-state index in [-0.39, 0.29) is 57.9 Å². The van der Waals surface area contributed by atoms with Crippen molar-refractivity contribution >= 4 is 17.7 Å². The molecule has 6 aliphatic rings. The van der Waals surface area contributed by atoms with Crippen molar-refractivity contribution in [3.63, 3.8) is 0 Å². The molecule has 6 aliphatic carbocycles. The minimum Gasteiger partial charge on any atom is -0.481 e. The molecule has 0 aromatic rings. The quantitative estimate of drug-likeness (QED) is 0.167. The van der Waals surface area contributed by atoms with Crippen LogP contribution in [0.25, 0.3) is 0 Å². The number of carboxylic acid groups (broad SMARTS) is 1. The minimum atomic E-state index is -1.16. The summed E-state index contributed by atoms with van der Waals surface area (Å²) >= 11 is 0. The van der Waals surface area contributed by atoms with Gasteiger partial charge in [0.25, 0.3) is 0 Å². The topological polar surface area (TPSA) is 133 Å². The summed E-state index contributed by atoms with van der Waals surface area (Å²) in [5, 5.41) is 35.4. The third-order valence-corrected chi connectivity index (χ3v) is 17.1. The zero-order chi connectivity index (χ0) is 38.2. The predicted molar refractivity (Wildman–Crippen MR) is 202 cm³/mol. The number of ether oxygens (including phenoxy) is 1. The third kappa shape index (κ3) is 6.25. The number of aliphatic hydroxyl groups is 2. The number of aliphatic carboxylic acids is 1. The molecule has 4 N–H and O–H groups in total.